The molecule has 0 fully saturated rings. The molecule has 0 aliphatic heterocycles. The van der Waals surface area contributed by atoms with Gasteiger partial charge in [-0.3, -0.25) is 4.79 Å². The van der Waals surface area contributed by atoms with E-state index in [9.17, 15) is 4.79 Å². The number of nitrogens with one attached hydrogen (secondary N) is 1. The van der Waals surface area contributed by atoms with E-state index in [1.807, 2.05) is 30.3 Å². The van der Waals surface area contributed by atoms with E-state index in [1.165, 1.54) is 5.56 Å². The zero-order chi connectivity index (χ0) is 14.4. The van der Waals surface area contributed by atoms with Gasteiger partial charge in [-0.1, -0.05) is 40.2 Å². The number of amides is 1. The molecule has 0 unspecified atom stereocenters. The van der Waals surface area contributed by atoms with Crippen LogP contribution in [-0.4, -0.2) is 5.91 Å². The number of benzene rings is 2. The SMILES string of the molecule is N#Cc1ccc(C(=O)NCc2cccc(CBr)c2)cc1. The topological polar surface area (TPSA) is 52.9 Å². The van der Waals surface area contributed by atoms with Gasteiger partial charge in [-0.2, -0.15) is 5.26 Å². The molecule has 2 aromatic carbocycles. The summed E-state index contributed by atoms with van der Waals surface area (Å²) in [6.45, 7) is 0.486. The molecular formula is C16H13BrN2O. The van der Waals surface area contributed by atoms with Crippen LogP contribution in [0.4, 0.5) is 0 Å². The van der Waals surface area contributed by atoms with Crippen molar-refractivity contribution in [3.05, 3.63) is 70.8 Å². The summed E-state index contributed by atoms with van der Waals surface area (Å²) in [5.41, 5.74) is 3.34. The van der Waals surface area contributed by atoms with Gasteiger partial charge in [0, 0.05) is 17.4 Å². The Morgan fingerprint density at radius 1 is 1.15 bits per heavy atom. The first kappa shape index (κ1) is 14.3. The fraction of sp³-hybridized carbons (Fsp3) is 0.125. The lowest BCUT2D eigenvalue weighted by Crippen LogP contribution is -2.22. The average molecular weight is 329 g/mol. The fourth-order valence-corrected chi connectivity index (χ4v) is 2.15. The van der Waals surface area contributed by atoms with Crippen LogP contribution in [0, 0.1) is 11.3 Å². The Hall–Kier alpha value is -2.12. The molecule has 0 aromatic heterocycles. The predicted molar refractivity (Wildman–Crippen MR) is 81.4 cm³/mol. The van der Waals surface area contributed by atoms with Crippen LogP contribution < -0.4 is 5.32 Å². The number of hydrogen-bond donors (Lipinski definition) is 1. The lowest BCUT2D eigenvalue weighted by molar-refractivity contribution is 0.0951. The zero-order valence-electron chi connectivity index (χ0n) is 10.8. The van der Waals surface area contributed by atoms with Crippen molar-refractivity contribution in [2.75, 3.05) is 0 Å². The van der Waals surface area contributed by atoms with Crippen molar-refractivity contribution in [1.82, 2.24) is 5.32 Å². The molecule has 0 aliphatic carbocycles. The van der Waals surface area contributed by atoms with Gasteiger partial charge >= 0.3 is 0 Å². The van der Waals surface area contributed by atoms with Gasteiger partial charge in [-0.05, 0) is 35.4 Å². The van der Waals surface area contributed by atoms with E-state index >= 15 is 0 Å². The molecule has 1 amide bonds. The second-order valence-corrected chi connectivity index (χ2v) is 4.89. The van der Waals surface area contributed by atoms with Crippen molar-refractivity contribution in [3.8, 4) is 6.07 Å². The molecule has 100 valence electrons. The molecule has 20 heavy (non-hydrogen) atoms. The minimum atomic E-state index is -0.140. The minimum absolute atomic E-state index is 0.140. The van der Waals surface area contributed by atoms with Crippen LogP contribution >= 0.6 is 15.9 Å². The lowest BCUT2D eigenvalue weighted by Gasteiger charge is -2.06. The summed E-state index contributed by atoms with van der Waals surface area (Å²) in [5, 5.41) is 12.4. The summed E-state index contributed by atoms with van der Waals surface area (Å²) in [4.78, 5) is 12.0. The van der Waals surface area contributed by atoms with Crippen molar-refractivity contribution >= 4 is 21.8 Å². The largest absolute Gasteiger partial charge is 0.348 e. The maximum atomic E-state index is 12.0. The van der Waals surface area contributed by atoms with Crippen molar-refractivity contribution in [3.63, 3.8) is 0 Å². The molecule has 0 spiro atoms. The van der Waals surface area contributed by atoms with Crippen molar-refractivity contribution in [1.29, 1.82) is 5.26 Å². The van der Waals surface area contributed by atoms with E-state index in [-0.39, 0.29) is 5.91 Å². The Balaban J connectivity index is 1.99. The summed E-state index contributed by atoms with van der Waals surface area (Å²) in [6, 6.07) is 16.6. The van der Waals surface area contributed by atoms with Crippen molar-refractivity contribution in [2.45, 2.75) is 11.9 Å². The Bertz CT molecular complexity index is 644. The molecule has 0 saturated heterocycles. The van der Waals surface area contributed by atoms with Crippen molar-refractivity contribution in [2.24, 2.45) is 0 Å². The maximum absolute atomic E-state index is 12.0. The Labute approximate surface area is 126 Å². The third kappa shape index (κ3) is 3.69. The molecule has 4 heteroatoms. The Morgan fingerprint density at radius 3 is 2.50 bits per heavy atom. The standard InChI is InChI=1S/C16H13BrN2O/c17-9-13-2-1-3-14(8-13)11-19-16(20)15-6-4-12(10-18)5-7-15/h1-8H,9,11H2,(H,19,20). The van der Waals surface area contributed by atoms with E-state index in [4.69, 9.17) is 5.26 Å². The average Bonchev–Trinajstić information content (AvgIpc) is 2.53. The third-order valence-corrected chi connectivity index (χ3v) is 3.52. The summed E-state index contributed by atoms with van der Waals surface area (Å²) in [7, 11) is 0. The Kier molecular flexibility index (Phi) is 4.91. The monoisotopic (exact) mass is 328 g/mol. The van der Waals surface area contributed by atoms with Gasteiger partial charge in [0.05, 0.1) is 11.6 Å². The lowest BCUT2D eigenvalue weighted by atomic mass is 10.1. The highest BCUT2D eigenvalue weighted by Crippen LogP contribution is 2.09. The van der Waals surface area contributed by atoms with Crippen LogP contribution in [0.3, 0.4) is 0 Å². The van der Waals surface area contributed by atoms with Crippen LogP contribution in [0.25, 0.3) is 0 Å². The van der Waals surface area contributed by atoms with E-state index < -0.39 is 0 Å². The molecule has 2 rings (SSSR count). The molecule has 1 N–H and O–H groups in total. The zero-order valence-corrected chi connectivity index (χ0v) is 12.4. The normalized spacial score (nSPS) is 9.80. The quantitative estimate of drug-likeness (QED) is 0.874. The summed E-state index contributed by atoms with van der Waals surface area (Å²) >= 11 is 3.41. The van der Waals surface area contributed by atoms with Gasteiger partial charge in [-0.15, -0.1) is 0 Å². The van der Waals surface area contributed by atoms with Gasteiger partial charge in [0.15, 0.2) is 0 Å². The molecule has 0 heterocycles. The molecule has 0 radical (unpaired) electrons. The summed E-state index contributed by atoms with van der Waals surface area (Å²) in [6.07, 6.45) is 0. The van der Waals surface area contributed by atoms with E-state index in [1.54, 1.807) is 24.3 Å². The van der Waals surface area contributed by atoms with Crippen LogP contribution in [0.2, 0.25) is 0 Å². The van der Waals surface area contributed by atoms with Crippen LogP contribution in [-0.2, 0) is 11.9 Å². The Morgan fingerprint density at radius 2 is 1.85 bits per heavy atom. The molecule has 2 aromatic rings. The fourth-order valence-electron chi connectivity index (χ4n) is 1.80. The van der Waals surface area contributed by atoms with Crippen LogP contribution in [0.1, 0.15) is 27.0 Å². The van der Waals surface area contributed by atoms with E-state index in [0.29, 0.717) is 17.7 Å². The highest BCUT2D eigenvalue weighted by atomic mass is 79.9. The number of carbonyl (C=O) groups excluding carboxylic acids is 1. The van der Waals surface area contributed by atoms with Gasteiger partial charge in [-0.25, -0.2) is 0 Å². The second-order valence-electron chi connectivity index (χ2n) is 4.33. The molecular weight excluding hydrogens is 316 g/mol. The van der Waals surface area contributed by atoms with E-state index in [0.717, 1.165) is 10.9 Å². The number of alkyl halides is 1. The van der Waals surface area contributed by atoms with Gasteiger partial charge in [0.1, 0.15) is 0 Å². The third-order valence-electron chi connectivity index (χ3n) is 2.87. The molecule has 0 aliphatic rings. The maximum Gasteiger partial charge on any atom is 0.251 e. The number of nitriles is 1. The number of hydrogen-bond acceptors (Lipinski definition) is 2. The van der Waals surface area contributed by atoms with Crippen molar-refractivity contribution < 1.29 is 4.79 Å². The first-order chi connectivity index (χ1) is 9.72. The smallest absolute Gasteiger partial charge is 0.251 e. The van der Waals surface area contributed by atoms with Crippen LogP contribution in [0.15, 0.2) is 48.5 Å². The highest BCUT2D eigenvalue weighted by molar-refractivity contribution is 9.08. The van der Waals surface area contributed by atoms with E-state index in [2.05, 4.69) is 21.2 Å². The number of carbonyl (C=O) groups is 1. The molecule has 0 bridgehead atoms. The van der Waals surface area contributed by atoms with Crippen LogP contribution in [0.5, 0.6) is 0 Å². The second kappa shape index (κ2) is 6.88. The predicted octanol–water partition coefficient (Wildman–Crippen LogP) is 3.38. The minimum Gasteiger partial charge on any atom is -0.348 e. The summed E-state index contributed by atoms with van der Waals surface area (Å²) < 4.78 is 0. The highest BCUT2D eigenvalue weighted by Gasteiger charge is 2.05. The van der Waals surface area contributed by atoms with Gasteiger partial charge in [0.2, 0.25) is 0 Å². The molecule has 3 nitrogen and oxygen atoms in total. The first-order valence-electron chi connectivity index (χ1n) is 6.15. The summed E-state index contributed by atoms with van der Waals surface area (Å²) in [5.74, 6) is -0.140. The first-order valence-corrected chi connectivity index (χ1v) is 7.27. The molecule has 0 atom stereocenters. The number of rotatable bonds is 4. The van der Waals surface area contributed by atoms with Gasteiger partial charge in [0.25, 0.3) is 5.91 Å². The van der Waals surface area contributed by atoms with Gasteiger partial charge < -0.3 is 5.32 Å². The number of halogens is 1. The number of nitrogens with zero attached hydrogens (tertiary/aromatic N) is 1. The molecule has 0 saturated carbocycles.